The lowest BCUT2D eigenvalue weighted by Gasteiger charge is -2.16. The van der Waals surface area contributed by atoms with E-state index >= 15 is 0 Å². The summed E-state index contributed by atoms with van der Waals surface area (Å²) >= 11 is 0. The second-order valence-electron chi connectivity index (χ2n) is 6.31. The van der Waals surface area contributed by atoms with Gasteiger partial charge in [-0.25, -0.2) is 4.79 Å². The average molecular weight is 360 g/mol. The molecular weight excluding hydrogens is 336 g/mol. The predicted octanol–water partition coefficient (Wildman–Crippen LogP) is 1.92. The first kappa shape index (κ1) is 19.6. The molecule has 0 saturated carbocycles. The molecule has 0 spiro atoms. The number of ketones is 1. The third-order valence-corrected chi connectivity index (χ3v) is 4.37. The van der Waals surface area contributed by atoms with Crippen molar-refractivity contribution >= 4 is 23.7 Å². The van der Waals surface area contributed by atoms with E-state index < -0.39 is 24.0 Å². The van der Waals surface area contributed by atoms with Crippen molar-refractivity contribution in [3.05, 3.63) is 34.9 Å². The Hall–Kier alpha value is -2.70. The second-order valence-corrected chi connectivity index (χ2v) is 6.31. The van der Waals surface area contributed by atoms with Gasteiger partial charge in [-0.2, -0.15) is 0 Å². The van der Waals surface area contributed by atoms with Crippen molar-refractivity contribution in [2.45, 2.75) is 51.6 Å². The molecule has 1 aliphatic rings. The van der Waals surface area contributed by atoms with Gasteiger partial charge in [0.1, 0.15) is 0 Å². The number of esters is 1. The van der Waals surface area contributed by atoms with Gasteiger partial charge in [0.25, 0.3) is 5.91 Å². The summed E-state index contributed by atoms with van der Waals surface area (Å²) in [6.07, 6.45) is 3.13. The van der Waals surface area contributed by atoms with Crippen molar-refractivity contribution in [3.8, 4) is 0 Å². The number of urea groups is 1. The summed E-state index contributed by atoms with van der Waals surface area (Å²) in [6, 6.07) is 5.03. The molecule has 2 N–H and O–H groups in total. The molecule has 140 valence electrons. The molecular formula is C19H24N2O5. The first-order valence-corrected chi connectivity index (χ1v) is 8.77. The minimum atomic E-state index is -1.11. The van der Waals surface area contributed by atoms with E-state index in [0.29, 0.717) is 5.56 Å². The fraction of sp³-hybridized carbons (Fsp3) is 0.474. The van der Waals surface area contributed by atoms with Gasteiger partial charge in [0.2, 0.25) is 0 Å². The maximum atomic E-state index is 12.3. The van der Waals surface area contributed by atoms with Gasteiger partial charge in [-0.3, -0.25) is 19.7 Å². The van der Waals surface area contributed by atoms with E-state index in [1.807, 2.05) is 17.4 Å². The van der Waals surface area contributed by atoms with Crippen LogP contribution in [0.2, 0.25) is 0 Å². The molecule has 7 heteroatoms. The number of nitrogens with one attached hydrogen (secondary N) is 2. The maximum Gasteiger partial charge on any atom is 0.321 e. The maximum absolute atomic E-state index is 12.3. The predicted molar refractivity (Wildman–Crippen MR) is 94.8 cm³/mol. The Morgan fingerprint density at radius 1 is 1.08 bits per heavy atom. The van der Waals surface area contributed by atoms with Crippen molar-refractivity contribution in [1.82, 2.24) is 10.6 Å². The van der Waals surface area contributed by atoms with E-state index in [4.69, 9.17) is 4.74 Å². The molecule has 2 rings (SSSR count). The van der Waals surface area contributed by atoms with Crippen LogP contribution >= 0.6 is 0 Å². The van der Waals surface area contributed by atoms with Crippen LogP contribution in [0.15, 0.2) is 18.2 Å². The Kier molecular flexibility index (Phi) is 6.89. The van der Waals surface area contributed by atoms with Crippen LogP contribution in [0.5, 0.6) is 0 Å². The highest BCUT2D eigenvalue weighted by Gasteiger charge is 2.20. The van der Waals surface area contributed by atoms with E-state index in [-0.39, 0.29) is 18.6 Å². The van der Waals surface area contributed by atoms with Crippen LogP contribution in [0.3, 0.4) is 0 Å². The van der Waals surface area contributed by atoms with Crippen molar-refractivity contribution < 1.29 is 23.9 Å². The number of rotatable bonds is 6. The zero-order valence-corrected chi connectivity index (χ0v) is 15.1. The van der Waals surface area contributed by atoms with Crippen molar-refractivity contribution in [2.24, 2.45) is 0 Å². The number of carbonyl (C=O) groups is 4. The van der Waals surface area contributed by atoms with Gasteiger partial charge in [-0.05, 0) is 49.8 Å². The Morgan fingerprint density at radius 2 is 1.77 bits per heavy atom. The molecule has 26 heavy (non-hydrogen) atoms. The lowest BCUT2D eigenvalue weighted by atomic mass is 9.89. The normalized spacial score (nSPS) is 13.9. The summed E-state index contributed by atoms with van der Waals surface area (Å²) in [6.45, 7) is 1.36. The highest BCUT2D eigenvalue weighted by atomic mass is 16.5. The summed E-state index contributed by atoms with van der Waals surface area (Å²) < 4.78 is 4.95. The Balaban J connectivity index is 1.82. The molecule has 1 aromatic rings. The zero-order valence-electron chi connectivity index (χ0n) is 15.1. The van der Waals surface area contributed by atoms with E-state index in [1.54, 1.807) is 6.07 Å². The topological polar surface area (TPSA) is 102 Å². The number of aryl methyl sites for hydroxylation is 2. The number of imide groups is 1. The summed E-state index contributed by atoms with van der Waals surface area (Å²) in [5, 5.41) is 4.25. The minimum Gasteiger partial charge on any atom is -0.453 e. The number of ether oxygens (including phenoxy) is 1. The lowest BCUT2D eigenvalue weighted by Crippen LogP contribution is -2.43. The standard InChI is InChI=1S/C19H24N2O5/c1-12(18(24)21-19(25)20-2)26-17(23)10-9-16(22)15-8-7-13-5-3-4-6-14(13)11-15/h7-8,11-12H,3-6,9-10H2,1-2H3,(H2,20,21,24,25). The molecule has 7 nitrogen and oxygen atoms in total. The van der Waals surface area contributed by atoms with Crippen LogP contribution in [0.4, 0.5) is 4.79 Å². The number of fused-ring (bicyclic) bond motifs is 1. The summed E-state index contributed by atoms with van der Waals surface area (Å²) in [5.74, 6) is -1.51. The number of amides is 3. The van der Waals surface area contributed by atoms with Crippen LogP contribution in [0.25, 0.3) is 0 Å². The van der Waals surface area contributed by atoms with E-state index in [0.717, 1.165) is 19.3 Å². The van der Waals surface area contributed by atoms with E-state index in [1.165, 1.54) is 31.5 Å². The molecule has 0 aliphatic heterocycles. The first-order valence-electron chi connectivity index (χ1n) is 8.77. The molecule has 1 aliphatic carbocycles. The molecule has 0 saturated heterocycles. The first-order chi connectivity index (χ1) is 12.4. The number of hydrogen-bond donors (Lipinski definition) is 2. The van der Waals surface area contributed by atoms with Gasteiger partial charge in [-0.15, -0.1) is 0 Å². The zero-order chi connectivity index (χ0) is 19.1. The van der Waals surface area contributed by atoms with Gasteiger partial charge in [0.05, 0.1) is 6.42 Å². The Labute approximate surface area is 152 Å². The largest absolute Gasteiger partial charge is 0.453 e. The Morgan fingerprint density at radius 3 is 2.46 bits per heavy atom. The van der Waals surface area contributed by atoms with E-state index in [2.05, 4.69) is 5.32 Å². The van der Waals surface area contributed by atoms with Gasteiger partial charge in [-0.1, -0.05) is 12.1 Å². The summed E-state index contributed by atoms with van der Waals surface area (Å²) in [7, 11) is 1.37. The van der Waals surface area contributed by atoms with Crippen molar-refractivity contribution in [3.63, 3.8) is 0 Å². The second kappa shape index (κ2) is 9.12. The SMILES string of the molecule is CNC(=O)NC(=O)C(C)OC(=O)CCC(=O)c1ccc2c(c1)CCCC2. The molecule has 0 heterocycles. The molecule has 0 radical (unpaired) electrons. The van der Waals surface area contributed by atoms with Crippen LogP contribution in [-0.2, 0) is 27.2 Å². The fourth-order valence-corrected chi connectivity index (χ4v) is 2.85. The number of Topliss-reactive ketones (excluding diaryl/α,β-unsaturated/α-hetero) is 1. The fourth-order valence-electron chi connectivity index (χ4n) is 2.85. The number of carbonyl (C=O) groups excluding carboxylic acids is 4. The molecule has 0 bridgehead atoms. The number of hydrogen-bond acceptors (Lipinski definition) is 5. The monoisotopic (exact) mass is 360 g/mol. The lowest BCUT2D eigenvalue weighted by molar-refractivity contribution is -0.154. The summed E-state index contributed by atoms with van der Waals surface area (Å²) in [4.78, 5) is 46.8. The Bertz CT molecular complexity index is 714. The van der Waals surface area contributed by atoms with Gasteiger partial charge < -0.3 is 10.1 Å². The third kappa shape index (κ3) is 5.40. The van der Waals surface area contributed by atoms with Crippen LogP contribution in [0.1, 0.15) is 54.1 Å². The molecule has 1 unspecified atom stereocenters. The van der Waals surface area contributed by atoms with Crippen molar-refractivity contribution in [1.29, 1.82) is 0 Å². The van der Waals surface area contributed by atoms with Gasteiger partial charge in [0.15, 0.2) is 11.9 Å². The van der Waals surface area contributed by atoms with E-state index in [9.17, 15) is 19.2 Å². The smallest absolute Gasteiger partial charge is 0.321 e. The third-order valence-electron chi connectivity index (χ3n) is 4.37. The number of benzene rings is 1. The van der Waals surface area contributed by atoms with Gasteiger partial charge in [0, 0.05) is 19.0 Å². The van der Waals surface area contributed by atoms with Crippen molar-refractivity contribution in [2.75, 3.05) is 7.05 Å². The molecule has 3 amide bonds. The van der Waals surface area contributed by atoms with Crippen LogP contribution in [-0.4, -0.2) is 36.8 Å². The summed E-state index contributed by atoms with van der Waals surface area (Å²) in [5.41, 5.74) is 3.11. The van der Waals surface area contributed by atoms with Gasteiger partial charge >= 0.3 is 12.0 Å². The molecule has 0 aromatic heterocycles. The molecule has 0 fully saturated rings. The molecule has 1 aromatic carbocycles. The van der Waals surface area contributed by atoms with Crippen LogP contribution < -0.4 is 10.6 Å². The highest BCUT2D eigenvalue weighted by molar-refractivity contribution is 5.99. The quantitative estimate of drug-likeness (QED) is 0.596. The average Bonchev–Trinajstić information content (AvgIpc) is 2.65. The van der Waals surface area contributed by atoms with Crippen LogP contribution in [0, 0.1) is 0 Å². The molecule has 1 atom stereocenters. The minimum absolute atomic E-state index is 0.0153. The highest BCUT2D eigenvalue weighted by Crippen LogP contribution is 2.23.